The van der Waals surface area contributed by atoms with Gasteiger partial charge in [0.25, 0.3) is 0 Å². The molecule has 2 aromatic rings. The third-order valence-electron chi connectivity index (χ3n) is 4.14. The number of aliphatic hydroxyl groups excluding tert-OH is 1. The summed E-state index contributed by atoms with van der Waals surface area (Å²) >= 11 is 0. The number of nitrogens with zero attached hydrogens (tertiary/aromatic N) is 1. The van der Waals surface area contributed by atoms with Crippen LogP contribution >= 0.6 is 0 Å². The minimum atomic E-state index is 0.299. The predicted octanol–water partition coefficient (Wildman–Crippen LogP) is 3.68. The fourth-order valence-electron chi connectivity index (χ4n) is 3.03. The minimum absolute atomic E-state index is 0.299. The Kier molecular flexibility index (Phi) is 5.09. The highest BCUT2D eigenvalue weighted by Crippen LogP contribution is 2.23. The lowest BCUT2D eigenvalue weighted by Gasteiger charge is -2.31. The van der Waals surface area contributed by atoms with E-state index in [9.17, 15) is 5.11 Å². The van der Waals surface area contributed by atoms with E-state index in [2.05, 4.69) is 17.0 Å². The van der Waals surface area contributed by atoms with Crippen LogP contribution in [-0.4, -0.2) is 29.7 Å². The number of piperidine rings is 1. The number of para-hydroxylation sites is 1. The standard InChI is InChI=1S/C19H23NO2/c21-15-17-7-5-11-20(14-17)13-16-6-4-10-19(12-16)22-18-8-2-1-3-9-18/h1-4,6,8-10,12,17,21H,5,7,11,13-15H2. The number of aliphatic hydroxyl groups is 1. The zero-order valence-electron chi connectivity index (χ0n) is 12.8. The van der Waals surface area contributed by atoms with E-state index in [4.69, 9.17) is 4.74 Å². The molecule has 1 atom stereocenters. The smallest absolute Gasteiger partial charge is 0.127 e. The molecule has 0 bridgehead atoms. The second kappa shape index (κ2) is 7.43. The van der Waals surface area contributed by atoms with E-state index in [0.717, 1.165) is 37.6 Å². The van der Waals surface area contributed by atoms with Crippen LogP contribution in [0.2, 0.25) is 0 Å². The molecular weight excluding hydrogens is 274 g/mol. The van der Waals surface area contributed by atoms with E-state index in [1.54, 1.807) is 0 Å². The van der Waals surface area contributed by atoms with Crippen LogP contribution < -0.4 is 4.74 Å². The van der Waals surface area contributed by atoms with Gasteiger partial charge in [0.05, 0.1) is 0 Å². The van der Waals surface area contributed by atoms with Crippen LogP contribution in [0.5, 0.6) is 11.5 Å². The molecule has 3 heteroatoms. The lowest BCUT2D eigenvalue weighted by molar-refractivity contribution is 0.116. The molecule has 0 aliphatic carbocycles. The van der Waals surface area contributed by atoms with Crippen molar-refractivity contribution >= 4 is 0 Å². The highest BCUT2D eigenvalue weighted by Gasteiger charge is 2.19. The normalized spacial score (nSPS) is 19.0. The highest BCUT2D eigenvalue weighted by atomic mass is 16.5. The summed E-state index contributed by atoms with van der Waals surface area (Å²) in [6.45, 7) is 3.32. The fourth-order valence-corrected chi connectivity index (χ4v) is 3.03. The zero-order chi connectivity index (χ0) is 15.2. The Morgan fingerprint density at radius 1 is 1.05 bits per heavy atom. The molecule has 1 unspecified atom stereocenters. The molecule has 2 aromatic carbocycles. The number of hydrogen-bond acceptors (Lipinski definition) is 3. The molecule has 22 heavy (non-hydrogen) atoms. The molecule has 1 heterocycles. The number of likely N-dealkylation sites (tertiary alicyclic amines) is 1. The summed E-state index contributed by atoms with van der Waals surface area (Å²) in [5.41, 5.74) is 1.26. The minimum Gasteiger partial charge on any atom is -0.457 e. The predicted molar refractivity (Wildman–Crippen MR) is 88.0 cm³/mol. The van der Waals surface area contributed by atoms with Gasteiger partial charge < -0.3 is 9.84 Å². The summed E-state index contributed by atoms with van der Waals surface area (Å²) in [7, 11) is 0. The first-order valence-corrected chi connectivity index (χ1v) is 7.98. The van der Waals surface area contributed by atoms with Gasteiger partial charge in [-0.05, 0) is 55.1 Å². The Labute approximate surface area is 132 Å². The largest absolute Gasteiger partial charge is 0.457 e. The molecule has 0 saturated carbocycles. The topological polar surface area (TPSA) is 32.7 Å². The third kappa shape index (κ3) is 4.09. The van der Waals surface area contributed by atoms with E-state index in [1.807, 2.05) is 42.5 Å². The number of benzene rings is 2. The van der Waals surface area contributed by atoms with Crippen LogP contribution in [0, 0.1) is 5.92 Å². The van der Waals surface area contributed by atoms with Crippen LogP contribution in [0.25, 0.3) is 0 Å². The van der Waals surface area contributed by atoms with E-state index in [1.165, 1.54) is 12.0 Å². The van der Waals surface area contributed by atoms with E-state index in [-0.39, 0.29) is 0 Å². The Balaban J connectivity index is 1.64. The van der Waals surface area contributed by atoms with Crippen molar-refractivity contribution < 1.29 is 9.84 Å². The maximum Gasteiger partial charge on any atom is 0.127 e. The van der Waals surface area contributed by atoms with Gasteiger partial charge in [0.1, 0.15) is 11.5 Å². The molecule has 1 N–H and O–H groups in total. The van der Waals surface area contributed by atoms with Crippen molar-refractivity contribution in [1.82, 2.24) is 4.90 Å². The van der Waals surface area contributed by atoms with Crippen molar-refractivity contribution in [3.05, 3.63) is 60.2 Å². The van der Waals surface area contributed by atoms with Gasteiger partial charge >= 0.3 is 0 Å². The van der Waals surface area contributed by atoms with Gasteiger partial charge in [0.2, 0.25) is 0 Å². The van der Waals surface area contributed by atoms with E-state index in [0.29, 0.717) is 12.5 Å². The van der Waals surface area contributed by atoms with Crippen LogP contribution in [-0.2, 0) is 6.54 Å². The van der Waals surface area contributed by atoms with Crippen molar-refractivity contribution in [3.8, 4) is 11.5 Å². The lowest BCUT2D eigenvalue weighted by atomic mass is 9.98. The quantitative estimate of drug-likeness (QED) is 0.913. The van der Waals surface area contributed by atoms with Crippen molar-refractivity contribution in [2.75, 3.05) is 19.7 Å². The van der Waals surface area contributed by atoms with Crippen LogP contribution in [0.3, 0.4) is 0 Å². The molecular formula is C19H23NO2. The first-order chi connectivity index (χ1) is 10.8. The molecule has 116 valence electrons. The summed E-state index contributed by atoms with van der Waals surface area (Å²) in [6.07, 6.45) is 2.32. The van der Waals surface area contributed by atoms with Gasteiger partial charge in [-0.3, -0.25) is 4.90 Å². The summed E-state index contributed by atoms with van der Waals surface area (Å²) in [6, 6.07) is 18.1. The monoisotopic (exact) mass is 297 g/mol. The Morgan fingerprint density at radius 3 is 2.68 bits per heavy atom. The highest BCUT2D eigenvalue weighted by molar-refractivity contribution is 5.33. The number of rotatable bonds is 5. The zero-order valence-corrected chi connectivity index (χ0v) is 12.8. The molecule has 1 aliphatic heterocycles. The molecule has 0 aromatic heterocycles. The summed E-state index contributed by atoms with van der Waals surface area (Å²) in [5, 5.41) is 9.34. The SMILES string of the molecule is OCC1CCCN(Cc2cccc(Oc3ccccc3)c2)C1. The molecule has 1 fully saturated rings. The number of ether oxygens (including phenoxy) is 1. The van der Waals surface area contributed by atoms with Crippen molar-refractivity contribution in [2.45, 2.75) is 19.4 Å². The summed E-state index contributed by atoms with van der Waals surface area (Å²) in [4.78, 5) is 2.42. The van der Waals surface area contributed by atoms with E-state index >= 15 is 0 Å². The fraction of sp³-hybridized carbons (Fsp3) is 0.368. The first kappa shape index (κ1) is 15.1. The number of hydrogen-bond donors (Lipinski definition) is 1. The van der Waals surface area contributed by atoms with E-state index < -0.39 is 0 Å². The molecule has 0 amide bonds. The Morgan fingerprint density at radius 2 is 1.86 bits per heavy atom. The Hall–Kier alpha value is -1.84. The molecule has 3 nitrogen and oxygen atoms in total. The molecule has 1 saturated heterocycles. The van der Waals surface area contributed by atoms with Gasteiger partial charge in [-0.25, -0.2) is 0 Å². The third-order valence-corrected chi connectivity index (χ3v) is 4.14. The van der Waals surface area contributed by atoms with Crippen molar-refractivity contribution in [2.24, 2.45) is 5.92 Å². The van der Waals surface area contributed by atoms with Gasteiger partial charge in [-0.1, -0.05) is 30.3 Å². The van der Waals surface area contributed by atoms with Crippen molar-refractivity contribution in [3.63, 3.8) is 0 Å². The van der Waals surface area contributed by atoms with Gasteiger partial charge in [0, 0.05) is 19.7 Å². The maximum absolute atomic E-state index is 9.34. The second-order valence-electron chi connectivity index (χ2n) is 5.99. The average molecular weight is 297 g/mol. The average Bonchev–Trinajstić information content (AvgIpc) is 2.56. The van der Waals surface area contributed by atoms with Crippen LogP contribution in [0.15, 0.2) is 54.6 Å². The van der Waals surface area contributed by atoms with Crippen molar-refractivity contribution in [1.29, 1.82) is 0 Å². The molecule has 1 aliphatic rings. The van der Waals surface area contributed by atoms with Gasteiger partial charge in [-0.2, -0.15) is 0 Å². The molecule has 3 rings (SSSR count). The van der Waals surface area contributed by atoms with Gasteiger partial charge in [0.15, 0.2) is 0 Å². The second-order valence-corrected chi connectivity index (χ2v) is 5.99. The van der Waals surface area contributed by atoms with Crippen LogP contribution in [0.4, 0.5) is 0 Å². The molecule has 0 radical (unpaired) electrons. The first-order valence-electron chi connectivity index (χ1n) is 7.98. The lowest BCUT2D eigenvalue weighted by Crippen LogP contribution is -2.36. The molecule has 0 spiro atoms. The van der Waals surface area contributed by atoms with Crippen LogP contribution in [0.1, 0.15) is 18.4 Å². The maximum atomic E-state index is 9.34. The summed E-state index contributed by atoms with van der Waals surface area (Å²) in [5.74, 6) is 2.16. The van der Waals surface area contributed by atoms with Gasteiger partial charge in [-0.15, -0.1) is 0 Å². The Bertz CT molecular complexity index is 585. The summed E-state index contributed by atoms with van der Waals surface area (Å²) < 4.78 is 5.89.